The third-order valence-electron chi connectivity index (χ3n) is 2.39. The van der Waals surface area contributed by atoms with Gasteiger partial charge in [-0.15, -0.1) is 6.42 Å². The standard InChI is InChI=1S/C12H12BrNO2/c1-3-8(2)14-6-9-4-11-12(5-10(9)13)16-7-15-11/h1,4-5,8,14H,6-7H2,2H3. The Labute approximate surface area is 103 Å². The van der Waals surface area contributed by atoms with Crippen LogP contribution in [0.25, 0.3) is 0 Å². The molecule has 1 aromatic carbocycles. The summed E-state index contributed by atoms with van der Waals surface area (Å²) in [5.41, 5.74) is 1.10. The van der Waals surface area contributed by atoms with E-state index < -0.39 is 0 Å². The maximum atomic E-state index is 5.32. The van der Waals surface area contributed by atoms with Gasteiger partial charge in [-0.2, -0.15) is 0 Å². The van der Waals surface area contributed by atoms with E-state index in [0.717, 1.165) is 21.5 Å². The lowest BCUT2D eigenvalue weighted by Gasteiger charge is -2.10. The molecule has 0 aliphatic carbocycles. The lowest BCUT2D eigenvalue weighted by atomic mass is 10.2. The molecule has 1 atom stereocenters. The molecule has 16 heavy (non-hydrogen) atoms. The van der Waals surface area contributed by atoms with Gasteiger partial charge in [-0.25, -0.2) is 0 Å². The molecule has 1 N–H and O–H groups in total. The topological polar surface area (TPSA) is 30.5 Å². The molecule has 4 heteroatoms. The van der Waals surface area contributed by atoms with Crippen molar-refractivity contribution in [2.75, 3.05) is 6.79 Å². The van der Waals surface area contributed by atoms with Gasteiger partial charge in [-0.05, 0) is 24.6 Å². The summed E-state index contributed by atoms with van der Waals surface area (Å²) in [6.45, 7) is 2.93. The first-order valence-corrected chi connectivity index (χ1v) is 5.77. The molecule has 2 rings (SSSR count). The van der Waals surface area contributed by atoms with E-state index in [-0.39, 0.29) is 6.04 Å². The summed E-state index contributed by atoms with van der Waals surface area (Å²) >= 11 is 3.49. The van der Waals surface area contributed by atoms with Crippen LogP contribution in [0.15, 0.2) is 16.6 Å². The Bertz CT molecular complexity index is 439. The van der Waals surface area contributed by atoms with Crippen molar-refractivity contribution in [2.24, 2.45) is 0 Å². The van der Waals surface area contributed by atoms with E-state index in [9.17, 15) is 0 Å². The zero-order valence-electron chi connectivity index (χ0n) is 8.92. The van der Waals surface area contributed by atoms with Gasteiger partial charge in [0.05, 0.1) is 6.04 Å². The summed E-state index contributed by atoms with van der Waals surface area (Å²) in [6, 6.07) is 3.93. The number of hydrogen-bond acceptors (Lipinski definition) is 3. The third-order valence-corrected chi connectivity index (χ3v) is 3.13. The number of terminal acetylenes is 1. The summed E-state index contributed by atoms with van der Waals surface area (Å²) in [5, 5.41) is 3.22. The molecule has 0 fully saturated rings. The molecule has 0 saturated carbocycles. The van der Waals surface area contributed by atoms with Gasteiger partial charge >= 0.3 is 0 Å². The predicted octanol–water partition coefficient (Wildman–Crippen LogP) is 2.29. The van der Waals surface area contributed by atoms with Gasteiger partial charge in [-0.1, -0.05) is 21.9 Å². The maximum absolute atomic E-state index is 5.32. The van der Waals surface area contributed by atoms with Crippen molar-refractivity contribution in [3.8, 4) is 23.8 Å². The maximum Gasteiger partial charge on any atom is 0.231 e. The van der Waals surface area contributed by atoms with Crippen LogP contribution >= 0.6 is 15.9 Å². The van der Waals surface area contributed by atoms with Gasteiger partial charge < -0.3 is 9.47 Å². The highest BCUT2D eigenvalue weighted by molar-refractivity contribution is 9.10. The van der Waals surface area contributed by atoms with Gasteiger partial charge in [0.2, 0.25) is 6.79 Å². The normalized spacial score (nSPS) is 14.6. The van der Waals surface area contributed by atoms with Gasteiger partial charge in [0.25, 0.3) is 0 Å². The molecule has 0 bridgehead atoms. The number of fused-ring (bicyclic) bond motifs is 1. The van der Waals surface area contributed by atoms with E-state index in [1.165, 1.54) is 0 Å². The summed E-state index contributed by atoms with van der Waals surface area (Å²) in [5.74, 6) is 4.19. The molecular formula is C12H12BrNO2. The van der Waals surface area contributed by atoms with Crippen LogP contribution in [0.2, 0.25) is 0 Å². The first kappa shape index (κ1) is 11.3. The van der Waals surface area contributed by atoms with E-state index >= 15 is 0 Å². The molecule has 0 spiro atoms. The Morgan fingerprint density at radius 2 is 2.19 bits per heavy atom. The first-order valence-electron chi connectivity index (χ1n) is 4.98. The van der Waals surface area contributed by atoms with E-state index in [1.54, 1.807) is 0 Å². The molecule has 0 saturated heterocycles. The lowest BCUT2D eigenvalue weighted by molar-refractivity contribution is 0.174. The van der Waals surface area contributed by atoms with Crippen molar-refractivity contribution in [1.82, 2.24) is 5.32 Å². The molecule has 0 aromatic heterocycles. The van der Waals surface area contributed by atoms with Gasteiger partial charge in [0.1, 0.15) is 0 Å². The first-order chi connectivity index (χ1) is 7.70. The molecule has 84 valence electrons. The van der Waals surface area contributed by atoms with Crippen LogP contribution in [0.3, 0.4) is 0 Å². The van der Waals surface area contributed by atoms with Crippen LogP contribution in [0.1, 0.15) is 12.5 Å². The van der Waals surface area contributed by atoms with E-state index in [1.807, 2.05) is 19.1 Å². The Morgan fingerprint density at radius 3 is 2.88 bits per heavy atom. The highest BCUT2D eigenvalue weighted by Crippen LogP contribution is 2.36. The van der Waals surface area contributed by atoms with Crippen LogP contribution < -0.4 is 14.8 Å². The average Bonchev–Trinajstić information content (AvgIpc) is 2.72. The fraction of sp³-hybridized carbons (Fsp3) is 0.333. The number of nitrogens with one attached hydrogen (secondary N) is 1. The minimum atomic E-state index is 0.0531. The summed E-state index contributed by atoms with van der Waals surface area (Å²) in [6.07, 6.45) is 5.30. The second-order valence-electron chi connectivity index (χ2n) is 3.57. The Kier molecular flexibility index (Phi) is 3.37. The molecule has 0 radical (unpaired) electrons. The van der Waals surface area contributed by atoms with Crippen molar-refractivity contribution in [2.45, 2.75) is 19.5 Å². The molecular weight excluding hydrogens is 270 g/mol. The lowest BCUT2D eigenvalue weighted by Crippen LogP contribution is -2.23. The van der Waals surface area contributed by atoms with Gasteiger partial charge in [-0.3, -0.25) is 5.32 Å². The second-order valence-corrected chi connectivity index (χ2v) is 4.42. The van der Waals surface area contributed by atoms with Crippen LogP contribution in [0.4, 0.5) is 0 Å². The second kappa shape index (κ2) is 4.77. The van der Waals surface area contributed by atoms with Gasteiger partial charge in [0, 0.05) is 11.0 Å². The quantitative estimate of drug-likeness (QED) is 0.863. The van der Waals surface area contributed by atoms with Crippen molar-refractivity contribution in [1.29, 1.82) is 0 Å². The highest BCUT2D eigenvalue weighted by Gasteiger charge is 2.16. The van der Waals surface area contributed by atoms with E-state index in [0.29, 0.717) is 13.3 Å². The highest BCUT2D eigenvalue weighted by atomic mass is 79.9. The Morgan fingerprint density at radius 1 is 1.50 bits per heavy atom. The molecule has 1 aliphatic heterocycles. The minimum absolute atomic E-state index is 0.0531. The fourth-order valence-electron chi connectivity index (χ4n) is 1.42. The zero-order valence-corrected chi connectivity index (χ0v) is 10.5. The molecule has 0 amide bonds. The largest absolute Gasteiger partial charge is 0.454 e. The summed E-state index contributed by atoms with van der Waals surface area (Å²) in [7, 11) is 0. The smallest absolute Gasteiger partial charge is 0.231 e. The number of ether oxygens (including phenoxy) is 2. The third kappa shape index (κ3) is 2.31. The zero-order chi connectivity index (χ0) is 11.5. The summed E-state index contributed by atoms with van der Waals surface area (Å²) < 4.78 is 11.6. The van der Waals surface area contributed by atoms with Crippen LogP contribution in [-0.4, -0.2) is 12.8 Å². The molecule has 1 aromatic rings. The van der Waals surface area contributed by atoms with Crippen molar-refractivity contribution in [3.63, 3.8) is 0 Å². The molecule has 3 nitrogen and oxygen atoms in total. The average molecular weight is 282 g/mol. The molecule has 1 unspecified atom stereocenters. The van der Waals surface area contributed by atoms with Gasteiger partial charge in [0.15, 0.2) is 11.5 Å². The number of hydrogen-bond donors (Lipinski definition) is 1. The van der Waals surface area contributed by atoms with Crippen LogP contribution in [-0.2, 0) is 6.54 Å². The summed E-state index contributed by atoms with van der Waals surface area (Å²) in [4.78, 5) is 0. The Balaban J connectivity index is 2.13. The number of benzene rings is 1. The fourth-order valence-corrected chi connectivity index (χ4v) is 1.88. The number of halogens is 1. The Hall–Kier alpha value is -1.18. The SMILES string of the molecule is C#CC(C)NCc1cc2c(cc1Br)OCO2. The van der Waals surface area contributed by atoms with Crippen molar-refractivity contribution in [3.05, 3.63) is 22.2 Å². The van der Waals surface area contributed by atoms with Crippen molar-refractivity contribution < 1.29 is 9.47 Å². The predicted molar refractivity (Wildman–Crippen MR) is 65.4 cm³/mol. The number of rotatable bonds is 3. The van der Waals surface area contributed by atoms with Crippen molar-refractivity contribution >= 4 is 15.9 Å². The van der Waals surface area contributed by atoms with Crippen LogP contribution in [0.5, 0.6) is 11.5 Å². The van der Waals surface area contributed by atoms with E-state index in [2.05, 4.69) is 27.2 Å². The monoisotopic (exact) mass is 281 g/mol. The molecule has 1 heterocycles. The van der Waals surface area contributed by atoms with E-state index in [4.69, 9.17) is 15.9 Å². The minimum Gasteiger partial charge on any atom is -0.454 e. The molecule has 1 aliphatic rings. The van der Waals surface area contributed by atoms with Crippen LogP contribution in [0, 0.1) is 12.3 Å².